The Morgan fingerprint density at radius 2 is 1.60 bits per heavy atom. The number of nitrogens with zero attached hydrogens (tertiary/aromatic N) is 4. The van der Waals surface area contributed by atoms with Crippen LogP contribution in [-0.2, 0) is 22.6 Å². The van der Waals surface area contributed by atoms with E-state index in [1.165, 1.54) is 4.57 Å². The van der Waals surface area contributed by atoms with E-state index >= 15 is 0 Å². The van der Waals surface area contributed by atoms with Crippen molar-refractivity contribution in [1.82, 2.24) is 35.5 Å². The number of aromatic amines is 2. The maximum Gasteiger partial charge on any atom is 0.328 e. The highest BCUT2D eigenvalue weighted by atomic mass is 16.2. The lowest BCUT2D eigenvalue weighted by Crippen LogP contribution is -2.48. The van der Waals surface area contributed by atoms with Crippen LogP contribution in [0.4, 0.5) is 5.69 Å². The van der Waals surface area contributed by atoms with Gasteiger partial charge in [-0.05, 0) is 84.3 Å². The molecular weight excluding hydrogens is 610 g/mol. The number of carbonyl (C=O) groups excluding carboxylic acids is 2. The smallest absolute Gasteiger partial charge is 0.328 e. The van der Waals surface area contributed by atoms with E-state index in [0.29, 0.717) is 41.6 Å². The molecule has 0 spiro atoms. The first-order chi connectivity index (χ1) is 23.4. The average Bonchev–Trinajstić information content (AvgIpc) is 3.66. The van der Waals surface area contributed by atoms with Crippen molar-refractivity contribution in [2.45, 2.75) is 44.7 Å². The minimum absolute atomic E-state index is 0.151. The van der Waals surface area contributed by atoms with E-state index in [2.05, 4.69) is 36.2 Å². The molecule has 3 aromatic carbocycles. The van der Waals surface area contributed by atoms with E-state index in [4.69, 9.17) is 5.73 Å². The van der Waals surface area contributed by atoms with Crippen molar-refractivity contribution in [2.24, 2.45) is 17.6 Å². The van der Waals surface area contributed by atoms with Crippen LogP contribution in [-0.4, -0.2) is 54.6 Å². The van der Waals surface area contributed by atoms with Gasteiger partial charge in [-0.2, -0.15) is 5.21 Å². The van der Waals surface area contributed by atoms with Gasteiger partial charge in [-0.3, -0.25) is 23.9 Å². The molecule has 2 heterocycles. The summed E-state index contributed by atoms with van der Waals surface area (Å²) in [6, 6.07) is 22.8. The third kappa shape index (κ3) is 7.81. The van der Waals surface area contributed by atoms with E-state index in [0.717, 1.165) is 42.4 Å². The summed E-state index contributed by atoms with van der Waals surface area (Å²) in [5.41, 5.74) is 8.82. The third-order valence-corrected chi connectivity index (χ3v) is 8.85. The van der Waals surface area contributed by atoms with Gasteiger partial charge in [0.15, 0.2) is 0 Å². The molecule has 246 valence electrons. The minimum atomic E-state index is -0.858. The van der Waals surface area contributed by atoms with Crippen molar-refractivity contribution in [3.63, 3.8) is 0 Å². The summed E-state index contributed by atoms with van der Waals surface area (Å²) in [5, 5.41) is 19.9. The first-order valence-electron chi connectivity index (χ1n) is 16.0. The monoisotopic (exact) mass is 647 g/mol. The Balaban J connectivity index is 1.19. The predicted molar refractivity (Wildman–Crippen MR) is 181 cm³/mol. The van der Waals surface area contributed by atoms with Gasteiger partial charge in [-0.15, -0.1) is 10.2 Å². The highest BCUT2D eigenvalue weighted by molar-refractivity contribution is 5.97. The Labute approximate surface area is 276 Å². The summed E-state index contributed by atoms with van der Waals surface area (Å²) in [4.78, 5) is 54.7. The predicted octanol–water partition coefficient (Wildman–Crippen LogP) is 2.86. The molecule has 5 aromatic rings. The number of aromatic nitrogens is 6. The Bertz CT molecular complexity index is 1950. The second-order valence-electron chi connectivity index (χ2n) is 12.1. The molecule has 2 amide bonds. The lowest BCUT2D eigenvalue weighted by atomic mass is 9.81. The fourth-order valence-corrected chi connectivity index (χ4v) is 6.04. The van der Waals surface area contributed by atoms with E-state index in [1.807, 2.05) is 42.5 Å². The number of H-pyrrole nitrogens is 2. The molecule has 0 radical (unpaired) electrons. The van der Waals surface area contributed by atoms with Crippen LogP contribution in [0.3, 0.4) is 0 Å². The van der Waals surface area contributed by atoms with Gasteiger partial charge >= 0.3 is 5.69 Å². The highest BCUT2D eigenvalue weighted by Crippen LogP contribution is 2.28. The Morgan fingerprint density at radius 1 is 0.896 bits per heavy atom. The number of hydrogen-bond acceptors (Lipinski definition) is 8. The first kappa shape index (κ1) is 32.3. The van der Waals surface area contributed by atoms with E-state index in [9.17, 15) is 19.2 Å². The van der Waals surface area contributed by atoms with E-state index < -0.39 is 17.3 Å². The Morgan fingerprint density at radius 3 is 2.27 bits per heavy atom. The zero-order chi connectivity index (χ0) is 33.5. The number of benzene rings is 3. The number of anilines is 1. The third-order valence-electron chi connectivity index (χ3n) is 8.85. The maximum absolute atomic E-state index is 13.6. The number of amides is 2. The van der Waals surface area contributed by atoms with Gasteiger partial charge in [0.1, 0.15) is 6.04 Å². The molecule has 6 N–H and O–H groups in total. The van der Waals surface area contributed by atoms with Crippen molar-refractivity contribution in [3.8, 4) is 22.5 Å². The normalized spacial score (nSPS) is 16.6. The largest absolute Gasteiger partial charge is 0.344 e. The number of nitrogens with one attached hydrogen (secondary N) is 4. The summed E-state index contributed by atoms with van der Waals surface area (Å²) in [6.07, 6.45) is 5.02. The molecule has 1 saturated carbocycles. The second kappa shape index (κ2) is 14.8. The molecule has 1 aliphatic carbocycles. The van der Waals surface area contributed by atoms with Gasteiger partial charge in [-0.1, -0.05) is 54.6 Å². The quantitative estimate of drug-likeness (QED) is 0.144. The van der Waals surface area contributed by atoms with Crippen molar-refractivity contribution in [2.75, 3.05) is 11.9 Å². The number of nitrogens with two attached hydrogens (primary N) is 1. The van der Waals surface area contributed by atoms with Crippen molar-refractivity contribution in [1.29, 1.82) is 0 Å². The van der Waals surface area contributed by atoms with Crippen LogP contribution in [0.1, 0.15) is 36.8 Å². The van der Waals surface area contributed by atoms with Gasteiger partial charge in [-0.25, -0.2) is 4.79 Å². The van der Waals surface area contributed by atoms with Gasteiger partial charge in [0.2, 0.25) is 17.6 Å². The van der Waals surface area contributed by atoms with Crippen LogP contribution < -0.4 is 27.6 Å². The molecule has 1 fully saturated rings. The molecule has 0 saturated heterocycles. The van der Waals surface area contributed by atoms with Gasteiger partial charge < -0.3 is 16.4 Å². The van der Waals surface area contributed by atoms with Gasteiger partial charge in [0, 0.05) is 29.8 Å². The lowest BCUT2D eigenvalue weighted by Gasteiger charge is -2.28. The molecular formula is C35H37N9O4. The van der Waals surface area contributed by atoms with E-state index in [1.54, 1.807) is 42.6 Å². The summed E-state index contributed by atoms with van der Waals surface area (Å²) in [5.74, 6) is 0.162. The topological polar surface area (TPSA) is 194 Å². The van der Waals surface area contributed by atoms with Crippen molar-refractivity contribution < 1.29 is 9.59 Å². The van der Waals surface area contributed by atoms with Gasteiger partial charge in [0.25, 0.3) is 5.56 Å². The van der Waals surface area contributed by atoms with Crippen LogP contribution in [0.15, 0.2) is 94.6 Å². The summed E-state index contributed by atoms with van der Waals surface area (Å²) >= 11 is 0. The Kier molecular flexibility index (Phi) is 9.96. The fourth-order valence-electron chi connectivity index (χ4n) is 6.04. The zero-order valence-corrected chi connectivity index (χ0v) is 26.3. The molecule has 0 aliphatic heterocycles. The molecule has 1 unspecified atom stereocenters. The number of carbonyl (C=O) groups is 2. The molecule has 13 nitrogen and oxygen atoms in total. The number of tetrazole rings is 1. The number of hydrogen-bond donors (Lipinski definition) is 5. The number of rotatable bonds is 11. The van der Waals surface area contributed by atoms with Crippen LogP contribution in [0.25, 0.3) is 22.5 Å². The minimum Gasteiger partial charge on any atom is -0.344 e. The first-order valence-corrected chi connectivity index (χ1v) is 16.0. The maximum atomic E-state index is 13.6. The summed E-state index contributed by atoms with van der Waals surface area (Å²) in [7, 11) is 0. The van der Waals surface area contributed by atoms with Crippen LogP contribution in [0, 0.1) is 11.8 Å². The second-order valence-corrected chi connectivity index (χ2v) is 12.1. The molecule has 48 heavy (non-hydrogen) atoms. The molecule has 6 rings (SSSR count). The molecule has 1 aliphatic rings. The van der Waals surface area contributed by atoms with Crippen molar-refractivity contribution >= 4 is 17.5 Å². The highest BCUT2D eigenvalue weighted by Gasteiger charge is 2.29. The molecule has 13 heteroatoms. The summed E-state index contributed by atoms with van der Waals surface area (Å²) in [6.45, 7) is 0.923. The van der Waals surface area contributed by atoms with Crippen LogP contribution in [0.2, 0.25) is 0 Å². The Hall–Kier alpha value is -5.69. The van der Waals surface area contributed by atoms with Crippen LogP contribution >= 0.6 is 0 Å². The summed E-state index contributed by atoms with van der Waals surface area (Å²) < 4.78 is 1.46. The van der Waals surface area contributed by atoms with E-state index in [-0.39, 0.29) is 24.2 Å². The van der Waals surface area contributed by atoms with Crippen molar-refractivity contribution in [3.05, 3.63) is 117 Å². The SMILES string of the molecule is NCC1CCC(C(=O)NC(Cc2ccc(-c3cn(Cc4ccccc4)c(=O)[nH]c3=O)cc2)C(=O)Nc2ccc(-c3nn[nH]n3)cc2)CC1. The molecule has 0 bridgehead atoms. The fraction of sp³-hybridized carbons (Fsp3) is 0.286. The molecule has 2 aromatic heterocycles. The lowest BCUT2D eigenvalue weighted by molar-refractivity contribution is -0.130. The standard InChI is InChI=1S/C35H37N9O4/c36-19-23-8-12-27(13-9-23)32(45)38-30(34(47)37-28-16-14-26(15-17-28)31-40-42-43-41-31)18-22-6-10-25(11-7-22)29-21-44(35(48)39-33(29)46)20-24-4-2-1-3-5-24/h1-7,10-11,14-17,21,23,27,30H,8-9,12-13,18-20,36H2,(H,37,47)(H,38,45)(H,39,46,48)(H,40,41,42,43). The van der Waals surface area contributed by atoms with Crippen LogP contribution in [0.5, 0.6) is 0 Å². The van der Waals surface area contributed by atoms with Gasteiger partial charge in [0.05, 0.1) is 12.1 Å². The average molecular weight is 648 g/mol. The zero-order valence-electron chi connectivity index (χ0n) is 26.3. The molecule has 1 atom stereocenters.